The van der Waals surface area contributed by atoms with Gasteiger partial charge in [-0.25, -0.2) is 38.1 Å². The van der Waals surface area contributed by atoms with E-state index >= 15 is 0 Å². The van der Waals surface area contributed by atoms with Gasteiger partial charge in [0.2, 0.25) is 0 Å². The van der Waals surface area contributed by atoms with E-state index in [0.29, 0.717) is 34.4 Å². The lowest BCUT2D eigenvalue weighted by Gasteiger charge is -2.25. The molecule has 12 nitrogen and oxygen atoms in total. The van der Waals surface area contributed by atoms with Crippen LogP contribution in [-0.4, -0.2) is 73.4 Å². The van der Waals surface area contributed by atoms with E-state index in [1.165, 1.54) is 70.1 Å². The summed E-state index contributed by atoms with van der Waals surface area (Å²) in [5, 5.41) is -0.193. The highest BCUT2D eigenvalue weighted by Crippen LogP contribution is 2.30. The van der Waals surface area contributed by atoms with Crippen LogP contribution in [0.5, 0.6) is 0 Å². The number of rotatable bonds is 7. The number of halogens is 5. The Balaban J connectivity index is 0.000000208. The largest absolute Gasteiger partial charge is 0.446 e. The zero-order valence-corrected chi connectivity index (χ0v) is 32.7. The lowest BCUT2D eigenvalue weighted by molar-refractivity contribution is -0.120. The van der Waals surface area contributed by atoms with Crippen molar-refractivity contribution in [1.82, 2.24) is 9.97 Å². The van der Waals surface area contributed by atoms with E-state index in [4.69, 9.17) is 32.7 Å². The summed E-state index contributed by atoms with van der Waals surface area (Å²) in [6.07, 6.45) is -1.31. The van der Waals surface area contributed by atoms with Crippen LogP contribution in [0.1, 0.15) is 23.9 Å². The Morgan fingerprint density at radius 3 is 1.61 bits per heavy atom. The number of pyridine rings is 2. The van der Waals surface area contributed by atoms with Gasteiger partial charge in [0, 0.05) is 41.3 Å². The average Bonchev–Trinajstić information content (AvgIpc) is 3.71. The van der Waals surface area contributed by atoms with Gasteiger partial charge in [0.1, 0.15) is 36.5 Å². The molecule has 4 amide bonds. The Hall–Kier alpha value is -5.12. The number of aryl methyl sites for hydroxylation is 2. The maximum atomic E-state index is 13.4. The molecule has 2 aromatic carbocycles. The van der Waals surface area contributed by atoms with E-state index in [1.807, 2.05) is 13.0 Å². The van der Waals surface area contributed by atoms with Crippen molar-refractivity contribution in [2.24, 2.45) is 0 Å². The highest BCUT2D eigenvalue weighted by molar-refractivity contribution is 9.10. The second-order valence-corrected chi connectivity index (χ2v) is 14.1. The van der Waals surface area contributed by atoms with Crippen LogP contribution in [-0.2, 0) is 19.1 Å². The highest BCUT2D eigenvalue weighted by Gasteiger charge is 2.43. The van der Waals surface area contributed by atoms with Crippen molar-refractivity contribution in [3.05, 3.63) is 110 Å². The maximum absolute atomic E-state index is 13.4. The topological polar surface area (TPSA) is 125 Å². The van der Waals surface area contributed by atoms with Crippen molar-refractivity contribution in [2.45, 2.75) is 32.9 Å². The minimum Gasteiger partial charge on any atom is -0.446 e. The molecule has 0 saturated carbocycles. The number of likely N-dealkylation sites (N-methyl/N-ethyl adjacent to an activating group) is 2. The third-order valence-electron chi connectivity index (χ3n) is 8.39. The van der Waals surface area contributed by atoms with Gasteiger partial charge in [-0.1, -0.05) is 51.3 Å². The van der Waals surface area contributed by atoms with Crippen molar-refractivity contribution in [3.63, 3.8) is 0 Å². The van der Waals surface area contributed by atoms with Gasteiger partial charge in [0.05, 0.1) is 10.0 Å². The summed E-state index contributed by atoms with van der Waals surface area (Å²) in [7, 11) is 3.04. The monoisotopic (exact) mass is 844 g/mol. The van der Waals surface area contributed by atoms with Gasteiger partial charge in [-0.2, -0.15) is 0 Å². The number of allylic oxidation sites excluding steroid dienone is 1. The van der Waals surface area contributed by atoms with E-state index in [2.05, 4.69) is 32.5 Å². The Morgan fingerprint density at radius 2 is 1.20 bits per heavy atom. The molecule has 2 atom stereocenters. The first-order valence-electron chi connectivity index (χ1n) is 16.1. The molecule has 0 radical (unpaired) electrons. The van der Waals surface area contributed by atoms with Gasteiger partial charge in [0.15, 0.2) is 12.1 Å². The number of carbonyl (C=O) groups excluding carboxylic acids is 4. The number of nitrogens with zero attached hydrogens (tertiary/aromatic N) is 6. The predicted octanol–water partition coefficient (Wildman–Crippen LogP) is 8.14. The van der Waals surface area contributed by atoms with Crippen LogP contribution < -0.4 is 19.6 Å². The number of carbonyl (C=O) groups is 4. The molecule has 54 heavy (non-hydrogen) atoms. The van der Waals surface area contributed by atoms with Crippen LogP contribution in [0.4, 0.5) is 41.4 Å². The molecule has 2 aliphatic rings. The quantitative estimate of drug-likeness (QED) is 0.183. The van der Waals surface area contributed by atoms with Gasteiger partial charge in [0.25, 0.3) is 11.8 Å². The number of aromatic nitrogens is 2. The van der Waals surface area contributed by atoms with Crippen molar-refractivity contribution in [3.8, 4) is 0 Å². The third kappa shape index (κ3) is 8.64. The molecule has 0 unspecified atom stereocenters. The SMILES string of the molecule is C=C(C)c1cc(C)nc(N2C(=O)OC[C@H]2C(=O)N(C)c2ccc(F)c(Cl)c2)c1.Cc1cc(Br)cc(N2C(=O)OC[C@H]2C(=O)N(C)c2ccc(F)c(Cl)c2)n1. The first kappa shape index (κ1) is 40.1. The van der Waals surface area contributed by atoms with E-state index in [1.54, 1.807) is 32.0 Å². The summed E-state index contributed by atoms with van der Waals surface area (Å²) >= 11 is 15.0. The highest BCUT2D eigenvalue weighted by atomic mass is 79.9. The molecule has 282 valence electrons. The first-order valence-corrected chi connectivity index (χ1v) is 17.7. The fourth-order valence-corrected chi connectivity index (χ4v) is 6.44. The predicted molar refractivity (Wildman–Crippen MR) is 205 cm³/mol. The normalized spacial score (nSPS) is 16.3. The number of hydrogen-bond acceptors (Lipinski definition) is 8. The van der Waals surface area contributed by atoms with Crippen LogP contribution >= 0.6 is 39.1 Å². The van der Waals surface area contributed by atoms with Gasteiger partial charge < -0.3 is 19.3 Å². The molecule has 17 heteroatoms. The Labute approximate surface area is 328 Å². The Morgan fingerprint density at radius 1 is 0.778 bits per heavy atom. The fraction of sp³-hybridized carbons (Fsp3) is 0.243. The molecule has 2 aromatic heterocycles. The van der Waals surface area contributed by atoms with Crippen molar-refractivity contribution in [2.75, 3.05) is 46.9 Å². The summed E-state index contributed by atoms with van der Waals surface area (Å²) in [5.74, 6) is -1.35. The molecular weight excluding hydrogens is 813 g/mol. The van der Waals surface area contributed by atoms with Crippen molar-refractivity contribution in [1.29, 1.82) is 0 Å². The minimum absolute atomic E-state index is 0.0953. The second kappa shape index (κ2) is 16.5. The first-order chi connectivity index (χ1) is 25.5. The lowest BCUT2D eigenvalue weighted by atomic mass is 10.1. The minimum atomic E-state index is -0.909. The maximum Gasteiger partial charge on any atom is 0.416 e. The lowest BCUT2D eigenvalue weighted by Crippen LogP contribution is -2.47. The van der Waals surface area contributed by atoms with Crippen molar-refractivity contribution < 1.29 is 37.4 Å². The van der Waals surface area contributed by atoms with Crippen LogP contribution in [0.2, 0.25) is 10.0 Å². The van der Waals surface area contributed by atoms with Gasteiger partial charge in [-0.15, -0.1) is 0 Å². The zero-order valence-electron chi connectivity index (χ0n) is 29.6. The number of amides is 4. The number of anilines is 4. The molecule has 0 aliphatic carbocycles. The summed E-state index contributed by atoms with van der Waals surface area (Å²) in [6, 6.07) is 13.1. The Bertz CT molecular complexity index is 2160. The molecule has 2 aliphatic heterocycles. The number of benzene rings is 2. The Kier molecular flexibility index (Phi) is 12.2. The van der Waals surface area contributed by atoms with Crippen LogP contribution in [0.25, 0.3) is 5.57 Å². The van der Waals surface area contributed by atoms with E-state index in [9.17, 15) is 28.0 Å². The average molecular weight is 847 g/mol. The van der Waals surface area contributed by atoms with E-state index in [0.717, 1.165) is 15.6 Å². The molecule has 2 saturated heterocycles. The second-order valence-electron chi connectivity index (χ2n) is 12.3. The summed E-state index contributed by atoms with van der Waals surface area (Å²) in [6.45, 7) is 9.10. The molecule has 0 bridgehead atoms. The van der Waals surface area contributed by atoms with E-state index < -0.39 is 47.7 Å². The zero-order chi connectivity index (χ0) is 39.6. The molecular formula is C37H33BrCl2F2N6O6. The van der Waals surface area contributed by atoms with Crippen LogP contribution in [0.15, 0.2) is 71.7 Å². The molecule has 2 fully saturated rings. The van der Waals surface area contributed by atoms with Gasteiger partial charge in [-0.3, -0.25) is 9.59 Å². The standard InChI is InChI=1S/C20H19ClFN3O3.C17H14BrClFN3O3/c1-11(2)13-7-12(3)23-18(8-13)25-17(10-28-20(25)27)19(26)24(4)14-5-6-16(22)15(21)9-14;1-9-5-10(18)6-15(21-9)23-14(8-26-17(23)25)16(24)22(2)11-3-4-13(20)12(19)7-11/h5-9,17H,1,10H2,2-4H3;3-7,14H,8H2,1-2H3/t17-;14-/m00/s1. The molecule has 4 heterocycles. The molecule has 4 aromatic rings. The third-order valence-corrected chi connectivity index (χ3v) is 9.43. The number of hydrogen-bond donors (Lipinski definition) is 0. The number of cyclic esters (lactones) is 2. The molecule has 6 rings (SSSR count). The summed E-state index contributed by atoms with van der Waals surface area (Å²) in [5.41, 5.74) is 3.78. The molecule has 0 spiro atoms. The van der Waals surface area contributed by atoms with Crippen molar-refractivity contribution >= 4 is 91.7 Å². The summed E-state index contributed by atoms with van der Waals surface area (Å²) in [4.78, 5) is 64.2. The number of ether oxygens (including phenoxy) is 2. The van der Waals surface area contributed by atoms with Gasteiger partial charge in [-0.05, 0) is 87.0 Å². The smallest absolute Gasteiger partial charge is 0.416 e. The summed E-state index contributed by atoms with van der Waals surface area (Å²) < 4.78 is 37.7. The van der Waals surface area contributed by atoms with Crippen LogP contribution in [0.3, 0.4) is 0 Å². The van der Waals surface area contributed by atoms with Crippen LogP contribution in [0, 0.1) is 25.5 Å². The van der Waals surface area contributed by atoms with E-state index in [-0.39, 0.29) is 23.3 Å². The molecule has 0 N–H and O–H groups in total. The fourth-order valence-electron chi connectivity index (χ4n) is 5.56. The van der Waals surface area contributed by atoms with Gasteiger partial charge >= 0.3 is 12.2 Å².